The van der Waals surface area contributed by atoms with Crippen molar-refractivity contribution in [2.45, 2.75) is 6.54 Å². The predicted octanol–water partition coefficient (Wildman–Crippen LogP) is 1.64. The van der Waals surface area contributed by atoms with Crippen LogP contribution in [0.4, 0.5) is 0 Å². The Bertz CT molecular complexity index is 368. The fourth-order valence-electron chi connectivity index (χ4n) is 1.55. The Morgan fingerprint density at radius 1 is 1.39 bits per heavy atom. The zero-order valence-electron chi connectivity index (χ0n) is 10.8. The summed E-state index contributed by atoms with van der Waals surface area (Å²) in [5.74, 6) is 0.0201. The highest BCUT2D eigenvalue weighted by Gasteiger charge is 2.06. The molecular weight excluding hydrogens is 296 g/mol. The fraction of sp³-hybridized carbons (Fsp3) is 0.462. The van der Waals surface area contributed by atoms with Crippen LogP contribution in [0.25, 0.3) is 0 Å². The van der Waals surface area contributed by atoms with Crippen LogP contribution in [0.3, 0.4) is 0 Å². The molecule has 1 rings (SSSR count). The second-order valence-electron chi connectivity index (χ2n) is 4.14. The van der Waals surface area contributed by atoms with E-state index in [2.05, 4.69) is 21.2 Å². The van der Waals surface area contributed by atoms with E-state index in [0.717, 1.165) is 11.0 Å². The molecule has 0 unspecified atom stereocenters. The molecule has 0 aliphatic carbocycles. The second-order valence-corrected chi connectivity index (χ2v) is 5.06. The van der Waals surface area contributed by atoms with E-state index in [0.29, 0.717) is 19.7 Å². The lowest BCUT2D eigenvalue weighted by atomic mass is 10.2. The van der Waals surface area contributed by atoms with Crippen LogP contribution in [0, 0.1) is 0 Å². The van der Waals surface area contributed by atoms with Gasteiger partial charge in [0.05, 0.1) is 13.2 Å². The SMILES string of the molecule is COCCNC(=O)CN(C)Cc1ccc(Br)cc1. The van der Waals surface area contributed by atoms with Crippen LogP contribution in [-0.4, -0.2) is 44.7 Å². The Morgan fingerprint density at radius 2 is 2.06 bits per heavy atom. The lowest BCUT2D eigenvalue weighted by molar-refractivity contribution is -0.122. The minimum Gasteiger partial charge on any atom is -0.383 e. The first kappa shape index (κ1) is 15.1. The molecule has 0 saturated carbocycles. The minimum absolute atomic E-state index is 0.0201. The quantitative estimate of drug-likeness (QED) is 0.778. The van der Waals surface area contributed by atoms with Crippen LogP contribution >= 0.6 is 15.9 Å². The first-order valence-corrected chi connectivity index (χ1v) is 6.59. The minimum atomic E-state index is 0.0201. The van der Waals surface area contributed by atoms with Crippen molar-refractivity contribution in [1.29, 1.82) is 0 Å². The summed E-state index contributed by atoms with van der Waals surface area (Å²) in [6.45, 7) is 2.24. The topological polar surface area (TPSA) is 41.6 Å². The Morgan fingerprint density at radius 3 is 2.67 bits per heavy atom. The number of nitrogens with one attached hydrogen (secondary N) is 1. The van der Waals surface area contributed by atoms with Crippen molar-refractivity contribution in [3.8, 4) is 0 Å². The molecule has 4 nitrogen and oxygen atoms in total. The van der Waals surface area contributed by atoms with E-state index >= 15 is 0 Å². The van der Waals surface area contributed by atoms with E-state index in [1.165, 1.54) is 5.56 Å². The zero-order chi connectivity index (χ0) is 13.4. The van der Waals surface area contributed by atoms with Gasteiger partial charge in [-0.05, 0) is 24.7 Å². The van der Waals surface area contributed by atoms with Gasteiger partial charge in [-0.2, -0.15) is 0 Å². The molecule has 1 aromatic rings. The lowest BCUT2D eigenvalue weighted by Crippen LogP contribution is -2.36. The molecule has 5 heteroatoms. The number of amides is 1. The van der Waals surface area contributed by atoms with Crippen molar-refractivity contribution in [3.63, 3.8) is 0 Å². The normalized spacial score (nSPS) is 10.7. The largest absolute Gasteiger partial charge is 0.383 e. The van der Waals surface area contributed by atoms with Gasteiger partial charge in [0, 0.05) is 24.7 Å². The molecule has 0 spiro atoms. The standard InChI is InChI=1S/C13H19BrN2O2/c1-16(10-13(17)15-7-8-18-2)9-11-3-5-12(14)6-4-11/h3-6H,7-10H2,1-2H3,(H,15,17). The number of rotatable bonds is 7. The van der Waals surface area contributed by atoms with Crippen molar-refractivity contribution in [2.24, 2.45) is 0 Å². The summed E-state index contributed by atoms with van der Waals surface area (Å²) in [4.78, 5) is 13.5. The Hall–Kier alpha value is -0.910. The molecule has 0 radical (unpaired) electrons. The Balaban J connectivity index is 2.30. The average Bonchev–Trinajstić information content (AvgIpc) is 2.32. The van der Waals surface area contributed by atoms with Gasteiger partial charge in [0.15, 0.2) is 0 Å². The van der Waals surface area contributed by atoms with E-state index in [1.54, 1.807) is 7.11 Å². The summed E-state index contributed by atoms with van der Waals surface area (Å²) in [5, 5.41) is 2.80. The molecule has 1 amide bonds. The molecule has 18 heavy (non-hydrogen) atoms. The number of ether oxygens (including phenoxy) is 1. The number of hydrogen-bond donors (Lipinski definition) is 1. The van der Waals surface area contributed by atoms with Crippen molar-refractivity contribution in [2.75, 3.05) is 33.9 Å². The molecular formula is C13H19BrN2O2. The van der Waals surface area contributed by atoms with Gasteiger partial charge in [0.1, 0.15) is 0 Å². The number of benzene rings is 1. The Labute approximate surface area is 116 Å². The average molecular weight is 315 g/mol. The molecule has 0 aromatic heterocycles. The van der Waals surface area contributed by atoms with E-state index in [4.69, 9.17) is 4.74 Å². The summed E-state index contributed by atoms with van der Waals surface area (Å²) >= 11 is 3.40. The highest BCUT2D eigenvalue weighted by Crippen LogP contribution is 2.11. The number of halogens is 1. The van der Waals surface area contributed by atoms with Gasteiger partial charge in [0.2, 0.25) is 5.91 Å². The van der Waals surface area contributed by atoms with E-state index in [-0.39, 0.29) is 5.91 Å². The molecule has 100 valence electrons. The van der Waals surface area contributed by atoms with Crippen molar-refractivity contribution in [3.05, 3.63) is 34.3 Å². The molecule has 0 saturated heterocycles. The third kappa shape index (κ3) is 6.14. The van der Waals surface area contributed by atoms with Crippen LogP contribution in [0.15, 0.2) is 28.7 Å². The molecule has 0 aliphatic heterocycles. The van der Waals surface area contributed by atoms with Crippen molar-refractivity contribution < 1.29 is 9.53 Å². The number of carbonyl (C=O) groups excluding carboxylic acids is 1. The number of carbonyl (C=O) groups is 1. The van der Waals surface area contributed by atoms with Gasteiger partial charge in [-0.1, -0.05) is 28.1 Å². The smallest absolute Gasteiger partial charge is 0.234 e. The predicted molar refractivity (Wildman–Crippen MR) is 75.4 cm³/mol. The molecule has 1 N–H and O–H groups in total. The first-order chi connectivity index (χ1) is 8.61. The Kier molecular flexibility index (Phi) is 6.93. The molecule has 0 atom stereocenters. The van der Waals surface area contributed by atoms with Crippen molar-refractivity contribution in [1.82, 2.24) is 10.2 Å². The fourth-order valence-corrected chi connectivity index (χ4v) is 1.82. The number of likely N-dealkylation sites (N-methyl/N-ethyl adjacent to an activating group) is 1. The highest BCUT2D eigenvalue weighted by atomic mass is 79.9. The van der Waals surface area contributed by atoms with Crippen LogP contribution in [0.5, 0.6) is 0 Å². The molecule has 0 bridgehead atoms. The summed E-state index contributed by atoms with van der Waals surface area (Å²) in [6.07, 6.45) is 0. The monoisotopic (exact) mass is 314 g/mol. The molecule has 1 aromatic carbocycles. The zero-order valence-corrected chi connectivity index (χ0v) is 12.4. The van der Waals surface area contributed by atoms with Gasteiger partial charge in [0.25, 0.3) is 0 Å². The van der Waals surface area contributed by atoms with Gasteiger partial charge in [-0.15, -0.1) is 0 Å². The van der Waals surface area contributed by atoms with Crippen LogP contribution in [0.1, 0.15) is 5.56 Å². The summed E-state index contributed by atoms with van der Waals surface area (Å²) in [5.41, 5.74) is 1.19. The molecule has 0 aliphatic rings. The van der Waals surface area contributed by atoms with Crippen LogP contribution < -0.4 is 5.32 Å². The maximum Gasteiger partial charge on any atom is 0.234 e. The van der Waals surface area contributed by atoms with Gasteiger partial charge in [-0.25, -0.2) is 0 Å². The summed E-state index contributed by atoms with van der Waals surface area (Å²) < 4.78 is 5.93. The second kappa shape index (κ2) is 8.24. The van der Waals surface area contributed by atoms with E-state index < -0.39 is 0 Å². The summed E-state index contributed by atoms with van der Waals surface area (Å²) in [7, 11) is 3.55. The van der Waals surface area contributed by atoms with Gasteiger partial charge in [-0.3, -0.25) is 9.69 Å². The molecule has 0 heterocycles. The van der Waals surface area contributed by atoms with Crippen LogP contribution in [-0.2, 0) is 16.1 Å². The maximum absolute atomic E-state index is 11.6. The summed E-state index contributed by atoms with van der Waals surface area (Å²) in [6, 6.07) is 8.09. The molecule has 0 fully saturated rings. The van der Waals surface area contributed by atoms with Gasteiger partial charge < -0.3 is 10.1 Å². The van der Waals surface area contributed by atoms with E-state index in [9.17, 15) is 4.79 Å². The lowest BCUT2D eigenvalue weighted by Gasteiger charge is -2.16. The number of hydrogen-bond acceptors (Lipinski definition) is 3. The number of nitrogens with zero attached hydrogens (tertiary/aromatic N) is 1. The third-order valence-electron chi connectivity index (χ3n) is 2.41. The van der Waals surface area contributed by atoms with Crippen LogP contribution in [0.2, 0.25) is 0 Å². The maximum atomic E-state index is 11.6. The van der Waals surface area contributed by atoms with Gasteiger partial charge >= 0.3 is 0 Å². The third-order valence-corrected chi connectivity index (χ3v) is 2.94. The number of methoxy groups -OCH3 is 1. The first-order valence-electron chi connectivity index (χ1n) is 5.80. The highest BCUT2D eigenvalue weighted by molar-refractivity contribution is 9.10. The van der Waals surface area contributed by atoms with E-state index in [1.807, 2.05) is 36.2 Å². The van der Waals surface area contributed by atoms with Crippen molar-refractivity contribution >= 4 is 21.8 Å².